The van der Waals surface area contributed by atoms with Crippen molar-refractivity contribution in [2.24, 2.45) is 0 Å². The fraction of sp³-hybridized carbons (Fsp3) is 0.714. The van der Waals surface area contributed by atoms with Crippen LogP contribution in [-0.4, -0.2) is 38.7 Å². The molecule has 13 heavy (non-hydrogen) atoms. The van der Waals surface area contributed by atoms with Crippen LogP contribution in [0.25, 0.3) is 0 Å². The number of halogens is 2. The Morgan fingerprint density at radius 2 is 2.00 bits per heavy atom. The van der Waals surface area contributed by atoms with Crippen molar-refractivity contribution >= 4 is 0 Å². The first-order valence-corrected chi connectivity index (χ1v) is 4.08. The molecular weight excluding hydrogens is 178 g/mol. The molecule has 0 N–H and O–H groups in total. The summed E-state index contributed by atoms with van der Waals surface area (Å²) < 4.78 is 27.2. The third-order valence-corrected chi connectivity index (χ3v) is 2.08. The third kappa shape index (κ3) is 2.00. The number of rotatable bonds is 2. The summed E-state index contributed by atoms with van der Waals surface area (Å²) in [4.78, 5) is 1.68. The van der Waals surface area contributed by atoms with Crippen LogP contribution in [0.5, 0.6) is 0 Å². The molecule has 1 aromatic heterocycles. The summed E-state index contributed by atoms with van der Waals surface area (Å²) >= 11 is 0. The second kappa shape index (κ2) is 3.02. The lowest BCUT2D eigenvalue weighted by Crippen LogP contribution is -2.27. The zero-order chi connectivity index (χ0) is 9.31. The van der Waals surface area contributed by atoms with Crippen LogP contribution in [-0.2, 0) is 6.67 Å². The van der Waals surface area contributed by atoms with Crippen molar-refractivity contribution in [1.82, 2.24) is 19.7 Å². The van der Waals surface area contributed by atoms with Crippen LogP contribution in [0.3, 0.4) is 0 Å². The van der Waals surface area contributed by atoms with Gasteiger partial charge >= 0.3 is 0 Å². The molecule has 0 bridgehead atoms. The van der Waals surface area contributed by atoms with E-state index in [2.05, 4.69) is 10.2 Å². The normalized spacial score (nSPS) is 22.3. The van der Waals surface area contributed by atoms with Crippen molar-refractivity contribution in [3.05, 3.63) is 12.7 Å². The van der Waals surface area contributed by atoms with E-state index < -0.39 is 5.92 Å². The first kappa shape index (κ1) is 8.55. The second-order valence-electron chi connectivity index (χ2n) is 3.28. The Morgan fingerprint density at radius 3 is 2.54 bits per heavy atom. The smallest absolute Gasteiger partial charge is 0.261 e. The summed E-state index contributed by atoms with van der Waals surface area (Å²) in [6.07, 6.45) is 3.00. The van der Waals surface area contributed by atoms with Crippen LogP contribution < -0.4 is 0 Å². The van der Waals surface area contributed by atoms with E-state index >= 15 is 0 Å². The van der Waals surface area contributed by atoms with Gasteiger partial charge in [-0.3, -0.25) is 4.90 Å². The maximum absolute atomic E-state index is 12.7. The van der Waals surface area contributed by atoms with Crippen LogP contribution in [0.4, 0.5) is 8.78 Å². The van der Waals surface area contributed by atoms with Gasteiger partial charge in [0.25, 0.3) is 5.92 Å². The molecule has 0 saturated carbocycles. The Hall–Kier alpha value is -1.04. The average Bonchev–Trinajstić information content (AvgIpc) is 2.61. The molecule has 1 saturated heterocycles. The van der Waals surface area contributed by atoms with Gasteiger partial charge in [-0.25, -0.2) is 8.78 Å². The van der Waals surface area contributed by atoms with Gasteiger partial charge in [-0.05, 0) is 0 Å². The molecule has 2 rings (SSSR count). The van der Waals surface area contributed by atoms with E-state index in [1.165, 1.54) is 12.7 Å². The maximum atomic E-state index is 12.7. The van der Waals surface area contributed by atoms with Crippen molar-refractivity contribution in [2.45, 2.75) is 19.0 Å². The number of nitrogens with zero attached hydrogens (tertiary/aromatic N) is 4. The molecule has 0 atom stereocenters. The fourth-order valence-electron chi connectivity index (χ4n) is 1.45. The van der Waals surface area contributed by atoms with E-state index in [0.29, 0.717) is 13.2 Å². The van der Waals surface area contributed by atoms with Crippen molar-refractivity contribution in [3.8, 4) is 0 Å². The van der Waals surface area contributed by atoms with Crippen LogP contribution >= 0.6 is 0 Å². The molecule has 0 amide bonds. The summed E-state index contributed by atoms with van der Waals surface area (Å²) in [7, 11) is 0. The molecule has 2 heterocycles. The second-order valence-corrected chi connectivity index (χ2v) is 3.28. The lowest BCUT2D eigenvalue weighted by Gasteiger charge is -2.14. The SMILES string of the molecule is FC1(F)CCN(Cn2cnnc2)C1. The summed E-state index contributed by atoms with van der Waals surface area (Å²) in [5.74, 6) is -2.52. The molecule has 0 spiro atoms. The lowest BCUT2D eigenvalue weighted by molar-refractivity contribution is 0.00920. The molecule has 0 aromatic carbocycles. The summed E-state index contributed by atoms with van der Waals surface area (Å²) in [6, 6.07) is 0. The highest BCUT2D eigenvalue weighted by Crippen LogP contribution is 2.26. The van der Waals surface area contributed by atoms with Crippen molar-refractivity contribution in [3.63, 3.8) is 0 Å². The Kier molecular flexibility index (Phi) is 1.99. The standard InChI is InChI=1S/C7H10F2N4/c8-7(9)1-2-12(3-7)6-13-4-10-11-5-13/h4-5H,1-3,6H2. The zero-order valence-electron chi connectivity index (χ0n) is 7.03. The predicted molar refractivity (Wildman–Crippen MR) is 41.2 cm³/mol. The number of alkyl halides is 2. The van der Waals surface area contributed by atoms with Gasteiger partial charge in [-0.15, -0.1) is 10.2 Å². The van der Waals surface area contributed by atoms with Crippen LogP contribution in [0, 0.1) is 0 Å². The minimum absolute atomic E-state index is 0.0465. The van der Waals surface area contributed by atoms with E-state index in [1.54, 1.807) is 9.47 Å². The summed E-state index contributed by atoms with van der Waals surface area (Å²) in [5, 5.41) is 7.20. The Labute approximate surface area is 74.2 Å². The molecule has 0 unspecified atom stereocenters. The first-order chi connectivity index (χ1) is 6.16. The Balaban J connectivity index is 1.91. The molecule has 1 aromatic rings. The largest absolute Gasteiger partial charge is 0.306 e. The highest BCUT2D eigenvalue weighted by atomic mass is 19.3. The van der Waals surface area contributed by atoms with Gasteiger partial charge in [0.15, 0.2) is 0 Å². The Morgan fingerprint density at radius 1 is 1.31 bits per heavy atom. The highest BCUT2D eigenvalue weighted by molar-refractivity contribution is 4.80. The van der Waals surface area contributed by atoms with Crippen LogP contribution in [0.2, 0.25) is 0 Å². The number of aromatic nitrogens is 3. The highest BCUT2D eigenvalue weighted by Gasteiger charge is 2.37. The third-order valence-electron chi connectivity index (χ3n) is 2.08. The molecule has 1 fully saturated rings. The molecule has 1 aliphatic rings. The van der Waals surface area contributed by atoms with Gasteiger partial charge in [0.05, 0.1) is 13.2 Å². The first-order valence-electron chi connectivity index (χ1n) is 4.08. The maximum Gasteiger partial charge on any atom is 0.261 e. The lowest BCUT2D eigenvalue weighted by atomic mass is 10.3. The molecule has 0 aliphatic carbocycles. The van der Waals surface area contributed by atoms with Gasteiger partial charge in [0.1, 0.15) is 12.7 Å². The average molecular weight is 188 g/mol. The van der Waals surface area contributed by atoms with E-state index in [-0.39, 0.29) is 13.0 Å². The van der Waals surface area contributed by atoms with Gasteiger partial charge in [-0.1, -0.05) is 0 Å². The van der Waals surface area contributed by atoms with Crippen molar-refractivity contribution in [2.75, 3.05) is 13.1 Å². The van der Waals surface area contributed by atoms with E-state index in [0.717, 1.165) is 0 Å². The molecule has 1 aliphatic heterocycles. The predicted octanol–water partition coefficient (Wildman–Crippen LogP) is 0.577. The minimum Gasteiger partial charge on any atom is -0.306 e. The van der Waals surface area contributed by atoms with Crippen molar-refractivity contribution in [1.29, 1.82) is 0 Å². The van der Waals surface area contributed by atoms with Gasteiger partial charge in [0.2, 0.25) is 0 Å². The molecule has 6 heteroatoms. The van der Waals surface area contributed by atoms with Gasteiger partial charge in [-0.2, -0.15) is 0 Å². The molecule has 72 valence electrons. The van der Waals surface area contributed by atoms with E-state index in [4.69, 9.17) is 0 Å². The monoisotopic (exact) mass is 188 g/mol. The number of likely N-dealkylation sites (tertiary alicyclic amines) is 1. The summed E-state index contributed by atoms with van der Waals surface area (Å²) in [6.45, 7) is 0.721. The minimum atomic E-state index is -2.52. The fourth-order valence-corrected chi connectivity index (χ4v) is 1.45. The number of hydrogen-bond acceptors (Lipinski definition) is 3. The van der Waals surface area contributed by atoms with Crippen LogP contribution in [0.15, 0.2) is 12.7 Å². The molecule has 4 nitrogen and oxygen atoms in total. The molecule has 0 radical (unpaired) electrons. The van der Waals surface area contributed by atoms with E-state index in [9.17, 15) is 8.78 Å². The number of hydrogen-bond donors (Lipinski definition) is 0. The zero-order valence-corrected chi connectivity index (χ0v) is 7.03. The van der Waals surface area contributed by atoms with E-state index in [1.807, 2.05) is 0 Å². The van der Waals surface area contributed by atoms with Crippen LogP contribution in [0.1, 0.15) is 6.42 Å². The molecular formula is C7H10F2N4. The Bertz CT molecular complexity index is 272. The van der Waals surface area contributed by atoms with Gasteiger partial charge < -0.3 is 4.57 Å². The van der Waals surface area contributed by atoms with Gasteiger partial charge in [0, 0.05) is 13.0 Å². The summed E-state index contributed by atoms with van der Waals surface area (Å²) in [5.41, 5.74) is 0. The quantitative estimate of drug-likeness (QED) is 0.680. The topological polar surface area (TPSA) is 34.0 Å². The van der Waals surface area contributed by atoms with Crippen molar-refractivity contribution < 1.29 is 8.78 Å².